The molecule has 2 saturated heterocycles. The van der Waals surface area contributed by atoms with Gasteiger partial charge < -0.3 is 5.32 Å². The number of amides is 2. The number of nitrogens with one attached hydrogen (secondary N) is 1. The van der Waals surface area contributed by atoms with E-state index in [1.807, 2.05) is 19.1 Å². The minimum atomic E-state index is -0.331. The normalized spacial score (nSPS) is 29.7. The minimum absolute atomic E-state index is 0.0243. The molecule has 4 atom stereocenters. The van der Waals surface area contributed by atoms with Crippen molar-refractivity contribution in [2.45, 2.75) is 38.8 Å². The van der Waals surface area contributed by atoms with Gasteiger partial charge in [0.1, 0.15) is 0 Å². The van der Waals surface area contributed by atoms with Crippen LogP contribution in [0.5, 0.6) is 0 Å². The van der Waals surface area contributed by atoms with Gasteiger partial charge in [-0.1, -0.05) is 25.5 Å². The lowest BCUT2D eigenvalue weighted by molar-refractivity contribution is -0.140. The highest BCUT2D eigenvalue weighted by atomic mass is 16.2. The largest absolute Gasteiger partial charge is 0.306 e. The van der Waals surface area contributed by atoms with Crippen molar-refractivity contribution in [2.24, 2.45) is 11.8 Å². The highest BCUT2D eigenvalue weighted by molar-refractivity contribution is 6.06. The van der Waals surface area contributed by atoms with Gasteiger partial charge in [0.2, 0.25) is 11.8 Å². The monoisotopic (exact) mass is 311 g/mol. The van der Waals surface area contributed by atoms with E-state index in [1.54, 1.807) is 12.1 Å². The van der Waals surface area contributed by atoms with Crippen molar-refractivity contribution >= 4 is 11.8 Å². The predicted molar refractivity (Wildman–Crippen MR) is 85.1 cm³/mol. The van der Waals surface area contributed by atoms with Crippen LogP contribution in [0.1, 0.15) is 43.9 Å². The molecular formula is C18H21N3O2. The topological polar surface area (TPSA) is 73.2 Å². The average Bonchev–Trinajstić information content (AvgIpc) is 3.03. The van der Waals surface area contributed by atoms with E-state index in [0.29, 0.717) is 12.1 Å². The summed E-state index contributed by atoms with van der Waals surface area (Å²) in [5.41, 5.74) is 1.55. The summed E-state index contributed by atoms with van der Waals surface area (Å²) in [6, 6.07) is 9.17. The minimum Gasteiger partial charge on any atom is -0.306 e. The van der Waals surface area contributed by atoms with Crippen LogP contribution in [0.25, 0.3) is 0 Å². The van der Waals surface area contributed by atoms with E-state index >= 15 is 0 Å². The summed E-state index contributed by atoms with van der Waals surface area (Å²) < 4.78 is 0. The number of likely N-dealkylation sites (tertiary alicyclic amines) is 1. The van der Waals surface area contributed by atoms with E-state index in [-0.39, 0.29) is 35.7 Å². The van der Waals surface area contributed by atoms with Gasteiger partial charge in [-0.25, -0.2) is 0 Å². The van der Waals surface area contributed by atoms with E-state index in [9.17, 15) is 9.59 Å². The van der Waals surface area contributed by atoms with Crippen LogP contribution in [-0.4, -0.2) is 29.3 Å². The zero-order valence-corrected chi connectivity index (χ0v) is 13.5. The number of nitriles is 1. The van der Waals surface area contributed by atoms with Crippen LogP contribution in [0.3, 0.4) is 0 Å². The number of nitrogens with zero attached hydrogens (tertiary/aromatic N) is 2. The summed E-state index contributed by atoms with van der Waals surface area (Å²) in [5, 5.41) is 12.3. The molecular weight excluding hydrogens is 290 g/mol. The first-order valence-corrected chi connectivity index (χ1v) is 8.19. The van der Waals surface area contributed by atoms with Crippen LogP contribution < -0.4 is 5.32 Å². The van der Waals surface area contributed by atoms with Gasteiger partial charge in [-0.05, 0) is 31.0 Å². The Morgan fingerprint density at radius 2 is 1.83 bits per heavy atom. The smallest absolute Gasteiger partial charge is 0.235 e. The molecule has 2 heterocycles. The summed E-state index contributed by atoms with van der Waals surface area (Å²) in [6.07, 6.45) is 1.81. The molecule has 0 aliphatic carbocycles. The fourth-order valence-corrected chi connectivity index (χ4v) is 3.75. The molecule has 5 heteroatoms. The van der Waals surface area contributed by atoms with Crippen LogP contribution in [0, 0.1) is 23.2 Å². The summed E-state index contributed by atoms with van der Waals surface area (Å²) >= 11 is 0. The van der Waals surface area contributed by atoms with Crippen molar-refractivity contribution < 1.29 is 9.59 Å². The highest BCUT2D eigenvalue weighted by Crippen LogP contribution is 2.43. The lowest BCUT2D eigenvalue weighted by Gasteiger charge is -2.21. The number of carbonyl (C=O) groups excluding carboxylic acids is 2. The Kier molecular flexibility index (Phi) is 4.18. The fourth-order valence-electron chi connectivity index (χ4n) is 3.75. The van der Waals surface area contributed by atoms with E-state index in [4.69, 9.17) is 5.26 Å². The van der Waals surface area contributed by atoms with Crippen molar-refractivity contribution in [2.75, 3.05) is 6.54 Å². The molecule has 3 rings (SSSR count). The van der Waals surface area contributed by atoms with Crippen LogP contribution in [-0.2, 0) is 9.59 Å². The van der Waals surface area contributed by atoms with Crippen molar-refractivity contribution in [1.29, 1.82) is 5.26 Å². The Morgan fingerprint density at radius 3 is 2.43 bits per heavy atom. The fraction of sp³-hybridized carbons (Fsp3) is 0.500. The second kappa shape index (κ2) is 6.13. The maximum Gasteiger partial charge on any atom is 0.235 e. The first-order chi connectivity index (χ1) is 11.1. The number of hydrogen-bond acceptors (Lipinski definition) is 4. The molecule has 1 aromatic rings. The van der Waals surface area contributed by atoms with Gasteiger partial charge in [-0.3, -0.25) is 14.5 Å². The Balaban J connectivity index is 1.88. The molecule has 0 aromatic heterocycles. The van der Waals surface area contributed by atoms with Gasteiger partial charge in [-0.15, -0.1) is 0 Å². The van der Waals surface area contributed by atoms with Crippen LogP contribution in [0.4, 0.5) is 0 Å². The molecule has 2 aliphatic rings. The molecule has 1 N–H and O–H groups in total. The molecule has 23 heavy (non-hydrogen) atoms. The SMILES string of the molecule is CCCCN1C(=O)C2C(C)NC(c3ccc(C#N)cc3)C2C1=O. The van der Waals surface area contributed by atoms with Crippen molar-refractivity contribution in [3.8, 4) is 6.07 Å². The molecule has 0 spiro atoms. The van der Waals surface area contributed by atoms with Crippen LogP contribution >= 0.6 is 0 Å². The lowest BCUT2D eigenvalue weighted by atomic mass is 9.87. The number of rotatable bonds is 4. The van der Waals surface area contributed by atoms with E-state index in [1.165, 1.54) is 4.90 Å². The molecule has 0 saturated carbocycles. The Bertz CT molecular complexity index is 662. The second-order valence-corrected chi connectivity index (χ2v) is 6.40. The first kappa shape index (κ1) is 15.7. The van der Waals surface area contributed by atoms with E-state index in [0.717, 1.165) is 18.4 Å². The number of carbonyl (C=O) groups is 2. The number of fused-ring (bicyclic) bond motifs is 1. The van der Waals surface area contributed by atoms with Crippen molar-refractivity contribution in [3.05, 3.63) is 35.4 Å². The molecule has 120 valence electrons. The molecule has 5 nitrogen and oxygen atoms in total. The summed E-state index contributed by atoms with van der Waals surface area (Å²) in [7, 11) is 0. The zero-order chi connectivity index (χ0) is 16.6. The maximum absolute atomic E-state index is 12.8. The highest BCUT2D eigenvalue weighted by Gasteiger charge is 2.57. The molecule has 2 aliphatic heterocycles. The Labute approximate surface area is 136 Å². The quantitative estimate of drug-likeness (QED) is 0.863. The summed E-state index contributed by atoms with van der Waals surface area (Å²) in [5.74, 6) is -0.702. The standard InChI is InChI=1S/C18H21N3O2/c1-3-4-9-21-17(22)14-11(2)20-16(15(14)18(21)23)13-7-5-12(10-19)6-8-13/h5-8,11,14-16,20H,3-4,9H2,1-2H3. The van der Waals surface area contributed by atoms with Gasteiger partial charge >= 0.3 is 0 Å². The molecule has 0 radical (unpaired) electrons. The van der Waals surface area contributed by atoms with Gasteiger partial charge in [0, 0.05) is 18.6 Å². The molecule has 1 aromatic carbocycles. The predicted octanol–water partition coefficient (Wildman–Crippen LogP) is 1.99. The molecule has 2 amide bonds. The van der Waals surface area contributed by atoms with E-state index < -0.39 is 0 Å². The Hall–Kier alpha value is -2.19. The Morgan fingerprint density at radius 1 is 1.17 bits per heavy atom. The van der Waals surface area contributed by atoms with Crippen molar-refractivity contribution in [1.82, 2.24) is 10.2 Å². The van der Waals surface area contributed by atoms with E-state index in [2.05, 4.69) is 18.3 Å². The second-order valence-electron chi connectivity index (χ2n) is 6.40. The van der Waals surface area contributed by atoms with Crippen LogP contribution in [0.2, 0.25) is 0 Å². The third kappa shape index (κ3) is 2.53. The van der Waals surface area contributed by atoms with Gasteiger partial charge in [0.05, 0.1) is 23.5 Å². The number of benzene rings is 1. The summed E-state index contributed by atoms with van der Waals surface area (Å²) in [6.45, 7) is 4.54. The zero-order valence-electron chi connectivity index (χ0n) is 13.5. The van der Waals surface area contributed by atoms with Gasteiger partial charge in [0.15, 0.2) is 0 Å². The number of imide groups is 1. The molecule has 4 unspecified atom stereocenters. The maximum atomic E-state index is 12.8. The number of unbranched alkanes of at least 4 members (excludes halogenated alkanes) is 1. The van der Waals surface area contributed by atoms with Gasteiger partial charge in [-0.2, -0.15) is 5.26 Å². The lowest BCUT2D eigenvalue weighted by Crippen LogP contribution is -2.38. The third-order valence-corrected chi connectivity index (χ3v) is 4.96. The molecule has 2 fully saturated rings. The van der Waals surface area contributed by atoms with Crippen LogP contribution in [0.15, 0.2) is 24.3 Å². The first-order valence-electron chi connectivity index (χ1n) is 8.19. The third-order valence-electron chi connectivity index (χ3n) is 4.96. The van der Waals surface area contributed by atoms with Gasteiger partial charge in [0.25, 0.3) is 0 Å². The van der Waals surface area contributed by atoms with Crippen molar-refractivity contribution in [3.63, 3.8) is 0 Å². The number of hydrogen-bond donors (Lipinski definition) is 1. The molecule has 0 bridgehead atoms. The summed E-state index contributed by atoms with van der Waals surface area (Å²) in [4.78, 5) is 26.8. The average molecular weight is 311 g/mol.